The zero-order valence-corrected chi connectivity index (χ0v) is 18.1. The van der Waals surface area contributed by atoms with Gasteiger partial charge in [-0.15, -0.1) is 11.3 Å². The van der Waals surface area contributed by atoms with E-state index in [0.29, 0.717) is 5.69 Å². The van der Waals surface area contributed by atoms with Gasteiger partial charge in [-0.1, -0.05) is 45.0 Å². The highest BCUT2D eigenvalue weighted by atomic mass is 32.2. The number of rotatable bonds is 4. The molecule has 0 spiro atoms. The van der Waals surface area contributed by atoms with Gasteiger partial charge >= 0.3 is 0 Å². The Kier molecular flexibility index (Phi) is 4.92. The molecule has 148 valence electrons. The van der Waals surface area contributed by atoms with E-state index in [0.717, 1.165) is 26.4 Å². The summed E-state index contributed by atoms with van der Waals surface area (Å²) in [7, 11) is -3.64. The Morgan fingerprint density at radius 3 is 2.14 bits per heavy atom. The normalized spacial score (nSPS) is 12.2. The van der Waals surface area contributed by atoms with E-state index >= 15 is 0 Å². The van der Waals surface area contributed by atoms with Crippen molar-refractivity contribution < 1.29 is 8.42 Å². The van der Waals surface area contributed by atoms with Crippen LogP contribution in [0.5, 0.6) is 0 Å². The van der Waals surface area contributed by atoms with Crippen molar-refractivity contribution in [3.05, 3.63) is 78.4 Å². The fourth-order valence-electron chi connectivity index (χ4n) is 3.02. The van der Waals surface area contributed by atoms with Crippen LogP contribution < -0.4 is 4.72 Å². The number of thiazole rings is 1. The Morgan fingerprint density at radius 1 is 0.862 bits per heavy atom. The lowest BCUT2D eigenvalue weighted by atomic mass is 9.87. The standard InChI is InChI=1S/C23H22N2O2S2/c1-23(2,3)17-10-14-19(15-11-17)29(26,27)25-18-12-8-16(9-13-18)22-24-20-6-4-5-7-21(20)28-22/h4-15,25H,1-3H3. The summed E-state index contributed by atoms with van der Waals surface area (Å²) in [6.07, 6.45) is 0. The molecule has 0 atom stereocenters. The minimum absolute atomic E-state index is 0.0216. The molecular weight excluding hydrogens is 400 g/mol. The van der Waals surface area contributed by atoms with Gasteiger partial charge in [0.15, 0.2) is 0 Å². The number of nitrogens with zero attached hydrogens (tertiary/aromatic N) is 1. The zero-order chi connectivity index (χ0) is 20.6. The van der Waals surface area contributed by atoms with E-state index in [4.69, 9.17) is 0 Å². The summed E-state index contributed by atoms with van der Waals surface area (Å²) in [6.45, 7) is 6.30. The predicted octanol–water partition coefficient (Wildman–Crippen LogP) is 6.06. The molecule has 29 heavy (non-hydrogen) atoms. The fourth-order valence-corrected chi connectivity index (χ4v) is 5.05. The van der Waals surface area contributed by atoms with E-state index in [1.807, 2.05) is 48.5 Å². The fraction of sp³-hybridized carbons (Fsp3) is 0.174. The Balaban J connectivity index is 1.54. The number of sulfonamides is 1. The van der Waals surface area contributed by atoms with Crippen LogP contribution in [0.4, 0.5) is 5.69 Å². The van der Waals surface area contributed by atoms with Crippen LogP contribution in [0, 0.1) is 0 Å². The topological polar surface area (TPSA) is 59.1 Å². The van der Waals surface area contributed by atoms with Crippen LogP contribution in [-0.4, -0.2) is 13.4 Å². The van der Waals surface area contributed by atoms with Gasteiger partial charge in [0.2, 0.25) is 0 Å². The number of para-hydroxylation sites is 1. The van der Waals surface area contributed by atoms with Gasteiger partial charge in [0.05, 0.1) is 15.1 Å². The maximum absolute atomic E-state index is 12.7. The minimum atomic E-state index is -3.64. The molecule has 0 aliphatic rings. The lowest BCUT2D eigenvalue weighted by Crippen LogP contribution is -2.14. The summed E-state index contributed by atoms with van der Waals surface area (Å²) in [5.41, 5.74) is 3.53. The maximum atomic E-state index is 12.7. The highest BCUT2D eigenvalue weighted by molar-refractivity contribution is 7.92. The first-order valence-corrected chi connectivity index (χ1v) is 11.6. The molecule has 1 N–H and O–H groups in total. The predicted molar refractivity (Wildman–Crippen MR) is 121 cm³/mol. The molecule has 0 fully saturated rings. The van der Waals surface area contributed by atoms with Gasteiger partial charge in [-0.3, -0.25) is 4.72 Å². The molecule has 0 aliphatic carbocycles. The van der Waals surface area contributed by atoms with E-state index in [2.05, 4.69) is 30.5 Å². The van der Waals surface area contributed by atoms with Gasteiger partial charge in [0.25, 0.3) is 10.0 Å². The third kappa shape index (κ3) is 4.18. The molecule has 4 rings (SSSR count). The van der Waals surface area contributed by atoms with Crippen molar-refractivity contribution in [2.24, 2.45) is 0 Å². The first kappa shape index (κ1) is 19.6. The largest absolute Gasteiger partial charge is 0.280 e. The summed E-state index contributed by atoms with van der Waals surface area (Å²) < 4.78 is 29.2. The number of anilines is 1. The molecule has 0 aliphatic heterocycles. The van der Waals surface area contributed by atoms with E-state index in [-0.39, 0.29) is 10.3 Å². The second-order valence-electron chi connectivity index (χ2n) is 7.94. The Hall–Kier alpha value is -2.70. The number of fused-ring (bicyclic) bond motifs is 1. The molecular formula is C23H22N2O2S2. The highest BCUT2D eigenvalue weighted by Crippen LogP contribution is 2.31. The average Bonchev–Trinajstić information content (AvgIpc) is 3.12. The third-order valence-corrected chi connectivity index (χ3v) is 7.19. The molecule has 0 radical (unpaired) electrons. The lowest BCUT2D eigenvalue weighted by Gasteiger charge is -2.19. The summed E-state index contributed by atoms with van der Waals surface area (Å²) >= 11 is 1.62. The van der Waals surface area contributed by atoms with Crippen LogP contribution in [0.1, 0.15) is 26.3 Å². The molecule has 4 aromatic rings. The minimum Gasteiger partial charge on any atom is -0.280 e. The van der Waals surface area contributed by atoms with Crippen LogP contribution in [-0.2, 0) is 15.4 Å². The van der Waals surface area contributed by atoms with Gasteiger partial charge in [0, 0.05) is 11.3 Å². The van der Waals surface area contributed by atoms with Crippen molar-refractivity contribution >= 4 is 37.3 Å². The van der Waals surface area contributed by atoms with Crippen LogP contribution in [0.3, 0.4) is 0 Å². The summed E-state index contributed by atoms with van der Waals surface area (Å²) in [5, 5.41) is 0.915. The van der Waals surface area contributed by atoms with Crippen molar-refractivity contribution in [3.8, 4) is 10.6 Å². The highest BCUT2D eigenvalue weighted by Gasteiger charge is 2.18. The Labute approximate surface area is 175 Å². The molecule has 4 nitrogen and oxygen atoms in total. The van der Waals surface area contributed by atoms with Crippen molar-refractivity contribution in [1.29, 1.82) is 0 Å². The molecule has 0 unspecified atom stereocenters. The van der Waals surface area contributed by atoms with Crippen molar-refractivity contribution in [2.75, 3.05) is 4.72 Å². The first-order chi connectivity index (χ1) is 13.7. The molecule has 1 heterocycles. The monoisotopic (exact) mass is 422 g/mol. The van der Waals surface area contributed by atoms with Gasteiger partial charge in [0.1, 0.15) is 5.01 Å². The van der Waals surface area contributed by atoms with Crippen molar-refractivity contribution in [2.45, 2.75) is 31.1 Å². The Morgan fingerprint density at radius 2 is 1.52 bits per heavy atom. The molecule has 6 heteroatoms. The summed E-state index contributed by atoms with van der Waals surface area (Å²) in [6, 6.07) is 22.3. The van der Waals surface area contributed by atoms with Crippen LogP contribution >= 0.6 is 11.3 Å². The SMILES string of the molecule is CC(C)(C)c1ccc(S(=O)(=O)Nc2ccc(-c3nc4ccccc4s3)cc2)cc1. The zero-order valence-electron chi connectivity index (χ0n) is 16.5. The molecule has 0 saturated heterocycles. The molecule has 0 saturated carbocycles. The smallest absolute Gasteiger partial charge is 0.261 e. The first-order valence-electron chi connectivity index (χ1n) is 9.32. The van der Waals surface area contributed by atoms with E-state index < -0.39 is 10.0 Å². The summed E-state index contributed by atoms with van der Waals surface area (Å²) in [4.78, 5) is 4.89. The number of benzene rings is 3. The van der Waals surface area contributed by atoms with Crippen molar-refractivity contribution in [1.82, 2.24) is 4.98 Å². The van der Waals surface area contributed by atoms with Crippen LogP contribution in [0.15, 0.2) is 77.7 Å². The van der Waals surface area contributed by atoms with Crippen LogP contribution in [0.25, 0.3) is 20.8 Å². The molecule has 0 bridgehead atoms. The number of hydrogen-bond acceptors (Lipinski definition) is 4. The van der Waals surface area contributed by atoms with Crippen molar-refractivity contribution in [3.63, 3.8) is 0 Å². The molecule has 0 amide bonds. The van der Waals surface area contributed by atoms with Gasteiger partial charge in [-0.05, 0) is 59.5 Å². The Bertz CT molecular complexity index is 1220. The molecule has 3 aromatic carbocycles. The van der Waals surface area contributed by atoms with E-state index in [1.165, 1.54) is 0 Å². The second-order valence-corrected chi connectivity index (χ2v) is 10.7. The second kappa shape index (κ2) is 7.28. The summed E-state index contributed by atoms with van der Waals surface area (Å²) in [5.74, 6) is 0. The van der Waals surface area contributed by atoms with E-state index in [9.17, 15) is 8.42 Å². The van der Waals surface area contributed by atoms with Crippen LogP contribution in [0.2, 0.25) is 0 Å². The quantitative estimate of drug-likeness (QED) is 0.435. The lowest BCUT2D eigenvalue weighted by molar-refractivity contribution is 0.587. The third-order valence-electron chi connectivity index (χ3n) is 4.71. The maximum Gasteiger partial charge on any atom is 0.261 e. The number of hydrogen-bond donors (Lipinski definition) is 1. The molecule has 1 aromatic heterocycles. The van der Waals surface area contributed by atoms with E-state index in [1.54, 1.807) is 35.6 Å². The van der Waals surface area contributed by atoms with Gasteiger partial charge < -0.3 is 0 Å². The number of aromatic nitrogens is 1. The average molecular weight is 423 g/mol. The van der Waals surface area contributed by atoms with Gasteiger partial charge in [-0.2, -0.15) is 0 Å². The number of nitrogens with one attached hydrogen (secondary N) is 1. The van der Waals surface area contributed by atoms with Gasteiger partial charge in [-0.25, -0.2) is 13.4 Å².